The predicted molar refractivity (Wildman–Crippen MR) is 109 cm³/mol. The minimum absolute atomic E-state index is 0.0486. The Balaban J connectivity index is 1.94. The van der Waals surface area contributed by atoms with Gasteiger partial charge in [-0.15, -0.1) is 0 Å². The Morgan fingerprint density at radius 1 is 1.00 bits per heavy atom. The lowest BCUT2D eigenvalue weighted by molar-refractivity contribution is 0.183. The highest BCUT2D eigenvalue weighted by Gasteiger charge is 2.29. The molecule has 0 N–H and O–H groups in total. The van der Waals surface area contributed by atoms with E-state index in [4.69, 9.17) is 0 Å². The molecule has 3 heterocycles. The van der Waals surface area contributed by atoms with E-state index < -0.39 is 0 Å². The van der Waals surface area contributed by atoms with Crippen molar-refractivity contribution < 1.29 is 0 Å². The van der Waals surface area contributed by atoms with Crippen molar-refractivity contribution >= 4 is 21.8 Å². The molecule has 3 atom stereocenters. The van der Waals surface area contributed by atoms with Gasteiger partial charge >= 0.3 is 0 Å². The van der Waals surface area contributed by atoms with E-state index in [0.29, 0.717) is 33.6 Å². The van der Waals surface area contributed by atoms with Crippen LogP contribution in [0.25, 0.3) is 21.8 Å². The van der Waals surface area contributed by atoms with Gasteiger partial charge in [0.15, 0.2) is 0 Å². The SMILES string of the molecule is C[C@H]1[C@H](n2ccc3nc4ccn(N(C)C)c(=O)c4cc3c2=O)CCC[C@@H]1C. The molecule has 4 rings (SSSR count). The van der Waals surface area contributed by atoms with Crippen molar-refractivity contribution in [3.63, 3.8) is 0 Å². The van der Waals surface area contributed by atoms with E-state index in [-0.39, 0.29) is 17.2 Å². The first kappa shape index (κ1) is 17.8. The molecule has 27 heavy (non-hydrogen) atoms. The highest BCUT2D eigenvalue weighted by atomic mass is 16.1. The molecule has 6 heteroatoms. The summed E-state index contributed by atoms with van der Waals surface area (Å²) in [5, 5.41) is 2.70. The second-order valence-electron chi connectivity index (χ2n) is 8.03. The first-order valence-electron chi connectivity index (χ1n) is 9.63. The first-order chi connectivity index (χ1) is 12.9. The highest BCUT2D eigenvalue weighted by molar-refractivity contribution is 5.91. The Bertz CT molecular complexity index is 1130. The molecule has 0 amide bonds. The normalized spacial score (nSPS) is 23.0. The van der Waals surface area contributed by atoms with Gasteiger partial charge in [0.1, 0.15) is 0 Å². The number of rotatable bonds is 2. The number of aromatic nitrogens is 3. The Morgan fingerprint density at radius 2 is 1.67 bits per heavy atom. The molecule has 1 aliphatic carbocycles. The van der Waals surface area contributed by atoms with E-state index >= 15 is 0 Å². The fourth-order valence-corrected chi connectivity index (χ4v) is 4.35. The summed E-state index contributed by atoms with van der Waals surface area (Å²) in [7, 11) is 3.61. The van der Waals surface area contributed by atoms with Crippen LogP contribution in [0.1, 0.15) is 39.2 Å². The number of fused-ring (bicyclic) bond motifs is 2. The molecule has 0 aliphatic heterocycles. The average molecular weight is 366 g/mol. The van der Waals surface area contributed by atoms with E-state index in [2.05, 4.69) is 18.8 Å². The van der Waals surface area contributed by atoms with Crippen LogP contribution in [-0.4, -0.2) is 28.3 Å². The molecule has 6 nitrogen and oxygen atoms in total. The van der Waals surface area contributed by atoms with Crippen molar-refractivity contribution in [2.45, 2.75) is 39.2 Å². The van der Waals surface area contributed by atoms with Gasteiger partial charge in [-0.25, -0.2) is 9.66 Å². The summed E-state index contributed by atoms with van der Waals surface area (Å²) in [5.74, 6) is 1.06. The van der Waals surface area contributed by atoms with E-state index in [1.54, 1.807) is 31.4 Å². The van der Waals surface area contributed by atoms with Crippen LogP contribution in [0.4, 0.5) is 0 Å². The maximum atomic E-state index is 13.3. The first-order valence-corrected chi connectivity index (χ1v) is 9.63. The third-order valence-electron chi connectivity index (χ3n) is 6.20. The molecule has 1 saturated carbocycles. The third-order valence-corrected chi connectivity index (χ3v) is 6.20. The zero-order valence-corrected chi connectivity index (χ0v) is 16.3. The lowest BCUT2D eigenvalue weighted by Gasteiger charge is -2.35. The molecule has 3 aromatic rings. The van der Waals surface area contributed by atoms with Crippen molar-refractivity contribution in [2.24, 2.45) is 11.8 Å². The van der Waals surface area contributed by atoms with Crippen LogP contribution in [0.5, 0.6) is 0 Å². The maximum Gasteiger partial charge on any atom is 0.278 e. The summed E-state index contributed by atoms with van der Waals surface area (Å²) in [6.07, 6.45) is 6.96. The lowest BCUT2D eigenvalue weighted by atomic mass is 9.78. The van der Waals surface area contributed by atoms with Crippen molar-refractivity contribution in [3.8, 4) is 0 Å². The zero-order valence-electron chi connectivity index (χ0n) is 16.3. The minimum Gasteiger partial charge on any atom is -0.316 e. The molecule has 0 radical (unpaired) electrons. The maximum absolute atomic E-state index is 13.3. The van der Waals surface area contributed by atoms with E-state index in [0.717, 1.165) is 12.8 Å². The van der Waals surface area contributed by atoms with Crippen LogP contribution >= 0.6 is 0 Å². The molecule has 0 spiro atoms. The minimum atomic E-state index is -0.165. The molecule has 0 saturated heterocycles. The van der Waals surface area contributed by atoms with Crippen molar-refractivity contribution in [3.05, 3.63) is 51.3 Å². The second-order valence-corrected chi connectivity index (χ2v) is 8.03. The largest absolute Gasteiger partial charge is 0.316 e. The summed E-state index contributed by atoms with van der Waals surface area (Å²) in [6, 6.07) is 5.64. The van der Waals surface area contributed by atoms with E-state index in [9.17, 15) is 9.59 Å². The van der Waals surface area contributed by atoms with Gasteiger partial charge in [-0.05, 0) is 36.5 Å². The molecule has 0 bridgehead atoms. The Morgan fingerprint density at radius 3 is 2.37 bits per heavy atom. The summed E-state index contributed by atoms with van der Waals surface area (Å²) >= 11 is 0. The van der Waals surface area contributed by atoms with Gasteiger partial charge in [-0.1, -0.05) is 26.7 Å². The molecular formula is C21H26N4O2. The van der Waals surface area contributed by atoms with Gasteiger partial charge in [0.05, 0.1) is 21.8 Å². The van der Waals surface area contributed by atoms with Gasteiger partial charge < -0.3 is 9.58 Å². The monoisotopic (exact) mass is 366 g/mol. The van der Waals surface area contributed by atoms with Crippen molar-refractivity contribution in [1.29, 1.82) is 0 Å². The molecule has 1 fully saturated rings. The van der Waals surface area contributed by atoms with Crippen LogP contribution in [0.3, 0.4) is 0 Å². The van der Waals surface area contributed by atoms with Crippen LogP contribution in [-0.2, 0) is 0 Å². The van der Waals surface area contributed by atoms with Crippen LogP contribution in [0.15, 0.2) is 40.2 Å². The Labute approximate surface area is 158 Å². The molecule has 0 unspecified atom stereocenters. The van der Waals surface area contributed by atoms with E-state index in [1.165, 1.54) is 11.1 Å². The topological polar surface area (TPSA) is 60.1 Å². The smallest absolute Gasteiger partial charge is 0.278 e. The number of hydrogen-bond acceptors (Lipinski definition) is 4. The molecule has 142 valence electrons. The molecular weight excluding hydrogens is 340 g/mol. The summed E-state index contributed by atoms with van der Waals surface area (Å²) in [4.78, 5) is 30.6. The third kappa shape index (κ3) is 2.83. The van der Waals surface area contributed by atoms with Gasteiger partial charge in [0, 0.05) is 32.5 Å². The fraction of sp³-hybridized carbons (Fsp3) is 0.476. The van der Waals surface area contributed by atoms with Crippen LogP contribution < -0.4 is 16.1 Å². The van der Waals surface area contributed by atoms with Crippen LogP contribution in [0.2, 0.25) is 0 Å². The number of pyridine rings is 3. The standard InChI is InChI=1S/C21H26N4O2/c1-13-6-5-7-19(14(13)2)24-10-8-17-15(20(24)26)12-16-18(22-17)9-11-25(21(16)27)23(3)4/h8-14,19H,5-7H2,1-4H3/t13-,14+,19+/m0/s1. The number of hydrogen-bond donors (Lipinski definition) is 0. The summed E-state index contributed by atoms with van der Waals surface area (Å²) in [6.45, 7) is 4.50. The van der Waals surface area contributed by atoms with Gasteiger partial charge in [-0.3, -0.25) is 9.59 Å². The van der Waals surface area contributed by atoms with Gasteiger partial charge in [0.2, 0.25) is 0 Å². The lowest BCUT2D eigenvalue weighted by Crippen LogP contribution is -2.35. The Kier molecular flexibility index (Phi) is 4.29. The van der Waals surface area contributed by atoms with Crippen molar-refractivity contribution in [2.75, 3.05) is 19.1 Å². The summed E-state index contributed by atoms with van der Waals surface area (Å²) < 4.78 is 3.38. The van der Waals surface area contributed by atoms with Crippen LogP contribution in [0, 0.1) is 11.8 Å². The molecule has 3 aromatic heterocycles. The van der Waals surface area contributed by atoms with E-state index in [1.807, 2.05) is 22.9 Å². The molecule has 1 aliphatic rings. The second kappa shape index (κ2) is 6.51. The predicted octanol–water partition coefficient (Wildman–Crippen LogP) is 2.91. The fourth-order valence-electron chi connectivity index (χ4n) is 4.35. The quantitative estimate of drug-likeness (QED) is 0.655. The Hall–Kier alpha value is -2.63. The zero-order chi connectivity index (χ0) is 19.3. The number of nitrogens with zero attached hydrogens (tertiary/aromatic N) is 4. The van der Waals surface area contributed by atoms with Gasteiger partial charge in [-0.2, -0.15) is 0 Å². The van der Waals surface area contributed by atoms with Crippen molar-refractivity contribution in [1.82, 2.24) is 14.2 Å². The van der Waals surface area contributed by atoms with Gasteiger partial charge in [0.25, 0.3) is 11.1 Å². The summed E-state index contributed by atoms with van der Waals surface area (Å²) in [5.41, 5.74) is 1.04. The highest BCUT2D eigenvalue weighted by Crippen LogP contribution is 2.37. The average Bonchev–Trinajstić information content (AvgIpc) is 2.64. The molecule has 0 aromatic carbocycles.